The summed E-state index contributed by atoms with van der Waals surface area (Å²) in [5.74, 6) is -0.406. The van der Waals surface area contributed by atoms with E-state index in [2.05, 4.69) is 15.8 Å². The minimum atomic E-state index is -0.468. The Kier molecular flexibility index (Phi) is 9.07. The van der Waals surface area contributed by atoms with Gasteiger partial charge in [0, 0.05) is 43.4 Å². The molecule has 2 heterocycles. The number of hydrazine groups is 1. The zero-order valence-electron chi connectivity index (χ0n) is 18.2. The number of rotatable bonds is 6. The second kappa shape index (κ2) is 10.5. The van der Waals surface area contributed by atoms with Crippen LogP contribution in [0, 0.1) is 0 Å². The summed E-state index contributed by atoms with van der Waals surface area (Å²) in [5, 5.41) is 11.7. The SMILES string of the molecule is CC.CNN/C(=C\Cc1ccncc1)C(=O)OC1CC(C)(C)N(O)C(C)(C)C1. The maximum atomic E-state index is 12.6. The molecule has 2 rings (SSSR count). The lowest BCUT2D eigenvalue weighted by molar-refractivity contribution is -0.259. The van der Waals surface area contributed by atoms with Gasteiger partial charge in [0.15, 0.2) is 0 Å². The maximum absolute atomic E-state index is 12.6. The third kappa shape index (κ3) is 6.58. The van der Waals surface area contributed by atoms with Crippen molar-refractivity contribution < 1.29 is 14.7 Å². The Bertz CT molecular complexity index is 626. The summed E-state index contributed by atoms with van der Waals surface area (Å²) in [5.41, 5.74) is 6.12. The number of hydrogen-bond donors (Lipinski definition) is 3. The number of esters is 1. The Labute approximate surface area is 169 Å². The Hall–Kier alpha value is -1.96. The van der Waals surface area contributed by atoms with Crippen molar-refractivity contribution in [1.29, 1.82) is 0 Å². The summed E-state index contributed by atoms with van der Waals surface area (Å²) in [6.07, 6.45) is 6.70. The average Bonchev–Trinajstić information content (AvgIpc) is 2.65. The number of ether oxygens (including phenoxy) is 1. The van der Waals surface area contributed by atoms with E-state index in [4.69, 9.17) is 4.74 Å². The molecule has 1 aliphatic heterocycles. The van der Waals surface area contributed by atoms with E-state index in [-0.39, 0.29) is 6.10 Å². The lowest BCUT2D eigenvalue weighted by Gasteiger charge is -2.50. The van der Waals surface area contributed by atoms with Gasteiger partial charge in [0.1, 0.15) is 11.8 Å². The van der Waals surface area contributed by atoms with Crippen LogP contribution in [-0.2, 0) is 16.0 Å². The van der Waals surface area contributed by atoms with Crippen molar-refractivity contribution in [3.05, 3.63) is 41.9 Å². The van der Waals surface area contributed by atoms with Gasteiger partial charge in [0.25, 0.3) is 0 Å². The normalized spacial score (nSPS) is 19.4. The van der Waals surface area contributed by atoms with Crippen LogP contribution in [0.2, 0.25) is 0 Å². The number of hydrogen-bond acceptors (Lipinski definition) is 7. The summed E-state index contributed by atoms with van der Waals surface area (Å²) in [4.78, 5) is 16.6. The fourth-order valence-electron chi connectivity index (χ4n) is 3.54. The Balaban J connectivity index is 0.00000190. The molecule has 1 fully saturated rings. The maximum Gasteiger partial charge on any atom is 0.355 e. The molecule has 0 saturated carbocycles. The van der Waals surface area contributed by atoms with E-state index >= 15 is 0 Å². The van der Waals surface area contributed by atoms with Gasteiger partial charge in [-0.05, 0) is 57.9 Å². The monoisotopic (exact) mass is 392 g/mol. The molecule has 0 amide bonds. The Morgan fingerprint density at radius 1 is 1.25 bits per heavy atom. The molecule has 0 aliphatic carbocycles. The lowest BCUT2D eigenvalue weighted by atomic mass is 9.80. The minimum absolute atomic E-state index is 0.265. The highest BCUT2D eigenvalue weighted by Gasteiger charge is 2.46. The van der Waals surface area contributed by atoms with Gasteiger partial charge in [-0.2, -0.15) is 5.06 Å². The molecule has 7 heteroatoms. The first-order chi connectivity index (χ1) is 13.2. The van der Waals surface area contributed by atoms with Gasteiger partial charge < -0.3 is 15.4 Å². The van der Waals surface area contributed by atoms with Gasteiger partial charge in [-0.1, -0.05) is 13.8 Å². The van der Waals surface area contributed by atoms with Crippen LogP contribution in [0.5, 0.6) is 0 Å². The molecule has 1 aromatic rings. The van der Waals surface area contributed by atoms with Crippen LogP contribution in [0.3, 0.4) is 0 Å². The summed E-state index contributed by atoms with van der Waals surface area (Å²) in [7, 11) is 1.70. The van der Waals surface area contributed by atoms with Crippen molar-refractivity contribution in [3.63, 3.8) is 0 Å². The van der Waals surface area contributed by atoms with Crippen molar-refractivity contribution >= 4 is 5.97 Å². The van der Waals surface area contributed by atoms with E-state index in [9.17, 15) is 10.0 Å². The molecule has 0 atom stereocenters. The molecule has 158 valence electrons. The zero-order valence-corrected chi connectivity index (χ0v) is 18.2. The number of carbonyl (C=O) groups is 1. The van der Waals surface area contributed by atoms with E-state index in [1.165, 1.54) is 5.06 Å². The van der Waals surface area contributed by atoms with Crippen LogP contribution in [0.1, 0.15) is 59.9 Å². The molecule has 0 spiro atoms. The van der Waals surface area contributed by atoms with Crippen molar-refractivity contribution in [2.45, 2.75) is 78.0 Å². The van der Waals surface area contributed by atoms with E-state index in [1.807, 2.05) is 53.7 Å². The number of pyridine rings is 1. The second-order valence-electron chi connectivity index (χ2n) is 7.92. The fraction of sp³-hybridized carbons (Fsp3) is 0.619. The Morgan fingerprint density at radius 2 is 1.79 bits per heavy atom. The summed E-state index contributed by atoms with van der Waals surface area (Å²) in [6.45, 7) is 11.8. The molecule has 28 heavy (non-hydrogen) atoms. The quantitative estimate of drug-likeness (QED) is 0.389. The molecule has 0 bridgehead atoms. The summed E-state index contributed by atoms with van der Waals surface area (Å²) < 4.78 is 5.75. The first kappa shape index (κ1) is 24.1. The number of piperidine rings is 1. The number of nitrogens with zero attached hydrogens (tertiary/aromatic N) is 2. The number of carbonyl (C=O) groups excluding carboxylic acids is 1. The Morgan fingerprint density at radius 3 is 2.29 bits per heavy atom. The first-order valence-corrected chi connectivity index (χ1v) is 9.88. The molecule has 0 unspecified atom stereocenters. The molecular formula is C21H36N4O3. The largest absolute Gasteiger partial charge is 0.458 e. The molecular weight excluding hydrogens is 356 g/mol. The number of aromatic nitrogens is 1. The summed E-state index contributed by atoms with van der Waals surface area (Å²) >= 11 is 0. The van der Waals surface area contributed by atoms with Crippen LogP contribution >= 0.6 is 0 Å². The third-order valence-electron chi connectivity index (χ3n) is 4.65. The predicted molar refractivity (Wildman–Crippen MR) is 110 cm³/mol. The van der Waals surface area contributed by atoms with E-state index in [1.54, 1.807) is 25.5 Å². The predicted octanol–water partition coefficient (Wildman–Crippen LogP) is 3.21. The van der Waals surface area contributed by atoms with Gasteiger partial charge in [-0.15, -0.1) is 0 Å². The van der Waals surface area contributed by atoms with Crippen LogP contribution in [0.15, 0.2) is 36.3 Å². The molecule has 3 N–H and O–H groups in total. The van der Waals surface area contributed by atoms with E-state index in [0.717, 1.165) is 5.56 Å². The second-order valence-corrected chi connectivity index (χ2v) is 7.92. The topological polar surface area (TPSA) is 86.7 Å². The van der Waals surface area contributed by atoms with Crippen molar-refractivity contribution in [1.82, 2.24) is 20.9 Å². The van der Waals surface area contributed by atoms with Crippen molar-refractivity contribution in [3.8, 4) is 0 Å². The molecule has 7 nitrogen and oxygen atoms in total. The van der Waals surface area contributed by atoms with Gasteiger partial charge >= 0.3 is 5.97 Å². The van der Waals surface area contributed by atoms with E-state index < -0.39 is 17.0 Å². The van der Waals surface area contributed by atoms with Crippen LogP contribution in [-0.4, -0.2) is 45.5 Å². The standard InChI is InChI=1S/C19H30N4O3.C2H6/c1-18(2)12-15(13-19(3,4)23(18)25)26-17(24)16(22-20-5)7-6-14-8-10-21-11-9-14;1-2/h7-11,15,20,22,25H,6,12-13H2,1-5H3;1-2H3/b16-7-;. The number of allylic oxidation sites excluding steroid dienone is 1. The lowest BCUT2D eigenvalue weighted by Crippen LogP contribution is -2.60. The van der Waals surface area contributed by atoms with Crippen molar-refractivity contribution in [2.24, 2.45) is 0 Å². The summed E-state index contributed by atoms with van der Waals surface area (Å²) in [6, 6.07) is 3.81. The molecule has 0 radical (unpaired) electrons. The van der Waals surface area contributed by atoms with Gasteiger partial charge in [-0.25, -0.2) is 10.2 Å². The van der Waals surface area contributed by atoms with Gasteiger partial charge in [-0.3, -0.25) is 4.98 Å². The molecule has 1 saturated heterocycles. The third-order valence-corrected chi connectivity index (χ3v) is 4.65. The highest BCUT2D eigenvalue weighted by molar-refractivity contribution is 5.87. The molecule has 1 aliphatic rings. The minimum Gasteiger partial charge on any atom is -0.458 e. The first-order valence-electron chi connectivity index (χ1n) is 9.88. The number of hydroxylamine groups is 2. The van der Waals surface area contributed by atoms with Crippen LogP contribution < -0.4 is 10.9 Å². The van der Waals surface area contributed by atoms with Crippen LogP contribution in [0.4, 0.5) is 0 Å². The smallest absolute Gasteiger partial charge is 0.355 e. The van der Waals surface area contributed by atoms with Gasteiger partial charge in [0.2, 0.25) is 0 Å². The highest BCUT2D eigenvalue weighted by atomic mass is 16.5. The molecule has 1 aromatic heterocycles. The fourth-order valence-corrected chi connectivity index (χ4v) is 3.54. The molecule has 0 aromatic carbocycles. The van der Waals surface area contributed by atoms with E-state index in [0.29, 0.717) is 25.0 Å². The van der Waals surface area contributed by atoms with Crippen LogP contribution in [0.25, 0.3) is 0 Å². The number of nitrogens with one attached hydrogen (secondary N) is 2. The highest BCUT2D eigenvalue weighted by Crippen LogP contribution is 2.38. The van der Waals surface area contributed by atoms with Crippen molar-refractivity contribution in [2.75, 3.05) is 7.05 Å². The average molecular weight is 393 g/mol. The zero-order chi connectivity index (χ0) is 21.4. The van der Waals surface area contributed by atoms with Gasteiger partial charge in [0.05, 0.1) is 0 Å².